The fourth-order valence-electron chi connectivity index (χ4n) is 0.908. The second-order valence-corrected chi connectivity index (χ2v) is 7.02. The predicted molar refractivity (Wildman–Crippen MR) is 69.2 cm³/mol. The Kier molecular flexibility index (Phi) is 6.34. The predicted octanol–water partition coefficient (Wildman–Crippen LogP) is 2.93. The Morgan fingerprint density at radius 2 is 1.80 bits per heavy atom. The highest BCUT2D eigenvalue weighted by Gasteiger charge is 2.16. The van der Waals surface area contributed by atoms with Crippen LogP contribution in [-0.4, -0.2) is 23.5 Å². The Bertz CT molecular complexity index is 196. The molecule has 2 nitrogen and oxygen atoms in total. The van der Waals surface area contributed by atoms with Gasteiger partial charge in [-0.05, 0) is 24.0 Å². The maximum atomic E-state index is 11.7. The first-order valence-corrected chi connectivity index (χ1v) is 6.66. The fourth-order valence-corrected chi connectivity index (χ4v) is 1.82. The van der Waals surface area contributed by atoms with Crippen molar-refractivity contribution in [3.63, 3.8) is 0 Å². The molecular weight excluding hydrogens is 206 g/mol. The average molecular weight is 231 g/mol. The highest BCUT2D eigenvalue weighted by Crippen LogP contribution is 2.15. The number of thioether (sulfide) groups is 1. The quantitative estimate of drug-likeness (QED) is 0.788. The molecule has 0 aromatic heterocycles. The van der Waals surface area contributed by atoms with Crippen molar-refractivity contribution < 1.29 is 4.79 Å². The van der Waals surface area contributed by atoms with E-state index in [1.807, 2.05) is 6.92 Å². The Morgan fingerprint density at radius 1 is 1.27 bits per heavy atom. The fraction of sp³-hybridized carbons (Fsp3) is 0.917. The molecule has 0 saturated carbocycles. The first-order chi connectivity index (χ1) is 6.72. The van der Waals surface area contributed by atoms with Crippen LogP contribution in [0.5, 0.6) is 0 Å². The van der Waals surface area contributed by atoms with E-state index in [9.17, 15) is 4.79 Å². The largest absolute Gasteiger partial charge is 0.355 e. The molecule has 1 atom stereocenters. The summed E-state index contributed by atoms with van der Waals surface area (Å²) in [5.74, 6) is 1.85. The normalized spacial score (nSPS) is 14.1. The Labute approximate surface area is 98.6 Å². The lowest BCUT2D eigenvalue weighted by atomic mass is 9.97. The second kappa shape index (κ2) is 6.41. The molecule has 1 amide bonds. The third kappa shape index (κ3) is 8.79. The van der Waals surface area contributed by atoms with E-state index in [2.05, 4.69) is 39.9 Å². The minimum Gasteiger partial charge on any atom is -0.355 e. The minimum absolute atomic E-state index is 0.0646. The van der Waals surface area contributed by atoms with Crippen LogP contribution < -0.4 is 5.32 Å². The summed E-state index contributed by atoms with van der Waals surface area (Å²) < 4.78 is 0. The molecule has 15 heavy (non-hydrogen) atoms. The third-order valence-corrected chi connectivity index (χ3v) is 3.41. The van der Waals surface area contributed by atoms with Crippen LogP contribution in [-0.2, 0) is 4.79 Å². The molecule has 90 valence electrons. The van der Waals surface area contributed by atoms with Crippen LogP contribution in [0.25, 0.3) is 0 Å². The van der Waals surface area contributed by atoms with Crippen molar-refractivity contribution in [2.45, 2.75) is 46.8 Å². The standard InChI is InChI=1S/C12H25NOS/c1-9(2)7-15-10(3)11(14)13-8-12(4,5)6/h9-10H,7-8H2,1-6H3,(H,13,14)/t10-/m0/s1. The molecule has 0 fully saturated rings. The monoisotopic (exact) mass is 231 g/mol. The highest BCUT2D eigenvalue weighted by atomic mass is 32.2. The molecule has 0 heterocycles. The van der Waals surface area contributed by atoms with Gasteiger partial charge in [-0.3, -0.25) is 4.79 Å². The van der Waals surface area contributed by atoms with Gasteiger partial charge in [0.15, 0.2) is 0 Å². The highest BCUT2D eigenvalue weighted by molar-refractivity contribution is 8.00. The summed E-state index contributed by atoms with van der Waals surface area (Å²) in [6, 6.07) is 0. The van der Waals surface area contributed by atoms with Crippen LogP contribution in [0.15, 0.2) is 0 Å². The van der Waals surface area contributed by atoms with Gasteiger partial charge in [-0.15, -0.1) is 11.8 Å². The van der Waals surface area contributed by atoms with Gasteiger partial charge in [0.1, 0.15) is 0 Å². The minimum atomic E-state index is 0.0646. The zero-order valence-corrected chi connectivity index (χ0v) is 11.7. The van der Waals surface area contributed by atoms with Crippen molar-refractivity contribution in [2.24, 2.45) is 11.3 Å². The molecule has 0 unspecified atom stereocenters. The topological polar surface area (TPSA) is 29.1 Å². The molecular formula is C12H25NOS. The summed E-state index contributed by atoms with van der Waals surface area (Å²) >= 11 is 1.73. The smallest absolute Gasteiger partial charge is 0.232 e. The van der Waals surface area contributed by atoms with E-state index in [1.54, 1.807) is 11.8 Å². The molecule has 0 spiro atoms. The number of nitrogens with one attached hydrogen (secondary N) is 1. The SMILES string of the molecule is CC(C)CS[C@@H](C)C(=O)NCC(C)(C)C. The van der Waals surface area contributed by atoms with Crippen molar-refractivity contribution in [1.29, 1.82) is 0 Å². The summed E-state index contributed by atoms with van der Waals surface area (Å²) in [4.78, 5) is 11.7. The van der Waals surface area contributed by atoms with Gasteiger partial charge in [0.2, 0.25) is 5.91 Å². The van der Waals surface area contributed by atoms with E-state index in [0.29, 0.717) is 5.92 Å². The molecule has 1 N–H and O–H groups in total. The van der Waals surface area contributed by atoms with E-state index in [0.717, 1.165) is 12.3 Å². The Morgan fingerprint density at radius 3 is 2.20 bits per heavy atom. The van der Waals surface area contributed by atoms with Gasteiger partial charge in [-0.1, -0.05) is 34.6 Å². The molecule has 0 bridgehead atoms. The summed E-state index contributed by atoms with van der Waals surface area (Å²) in [7, 11) is 0. The van der Waals surface area contributed by atoms with Crippen molar-refractivity contribution in [2.75, 3.05) is 12.3 Å². The number of carbonyl (C=O) groups excluding carboxylic acids is 1. The maximum Gasteiger partial charge on any atom is 0.232 e. The maximum absolute atomic E-state index is 11.7. The van der Waals surface area contributed by atoms with E-state index < -0.39 is 0 Å². The lowest BCUT2D eigenvalue weighted by Crippen LogP contribution is -2.37. The van der Waals surface area contributed by atoms with E-state index in [-0.39, 0.29) is 16.6 Å². The molecule has 0 aliphatic rings. The van der Waals surface area contributed by atoms with Gasteiger partial charge in [-0.2, -0.15) is 0 Å². The van der Waals surface area contributed by atoms with Crippen LogP contribution in [0.1, 0.15) is 41.5 Å². The van der Waals surface area contributed by atoms with Gasteiger partial charge in [0.05, 0.1) is 5.25 Å². The second-order valence-electron chi connectivity index (χ2n) is 5.65. The van der Waals surface area contributed by atoms with Crippen molar-refractivity contribution in [1.82, 2.24) is 5.32 Å². The number of carbonyl (C=O) groups is 1. The lowest BCUT2D eigenvalue weighted by molar-refractivity contribution is -0.120. The lowest BCUT2D eigenvalue weighted by Gasteiger charge is -2.20. The molecule has 0 radical (unpaired) electrons. The van der Waals surface area contributed by atoms with E-state index in [4.69, 9.17) is 0 Å². The number of amides is 1. The van der Waals surface area contributed by atoms with Gasteiger partial charge in [0, 0.05) is 6.54 Å². The first kappa shape index (κ1) is 14.8. The van der Waals surface area contributed by atoms with Crippen molar-refractivity contribution in [3.05, 3.63) is 0 Å². The molecule has 0 saturated heterocycles. The summed E-state index contributed by atoms with van der Waals surface area (Å²) in [6.45, 7) is 13.4. The zero-order chi connectivity index (χ0) is 12.1. The molecule has 0 aliphatic carbocycles. The Hall–Kier alpha value is -0.180. The van der Waals surface area contributed by atoms with Crippen LogP contribution >= 0.6 is 11.8 Å². The van der Waals surface area contributed by atoms with Gasteiger partial charge in [-0.25, -0.2) is 0 Å². The van der Waals surface area contributed by atoms with Crippen molar-refractivity contribution >= 4 is 17.7 Å². The molecule has 0 aromatic carbocycles. The molecule has 0 aliphatic heterocycles. The average Bonchev–Trinajstić information content (AvgIpc) is 2.08. The van der Waals surface area contributed by atoms with Crippen LogP contribution in [0.4, 0.5) is 0 Å². The van der Waals surface area contributed by atoms with Crippen LogP contribution in [0.3, 0.4) is 0 Å². The number of hydrogen-bond donors (Lipinski definition) is 1. The summed E-state index contributed by atoms with van der Waals surface area (Å²) in [5, 5.41) is 3.05. The zero-order valence-electron chi connectivity index (χ0n) is 10.9. The molecule has 0 aromatic rings. The Balaban J connectivity index is 3.80. The van der Waals surface area contributed by atoms with Gasteiger partial charge < -0.3 is 5.32 Å². The van der Waals surface area contributed by atoms with E-state index >= 15 is 0 Å². The van der Waals surface area contributed by atoms with Crippen LogP contribution in [0, 0.1) is 11.3 Å². The number of rotatable bonds is 5. The van der Waals surface area contributed by atoms with Gasteiger partial charge in [0.25, 0.3) is 0 Å². The third-order valence-electron chi connectivity index (χ3n) is 1.84. The van der Waals surface area contributed by atoms with Gasteiger partial charge >= 0.3 is 0 Å². The summed E-state index contributed by atoms with van der Waals surface area (Å²) in [6.07, 6.45) is 0. The van der Waals surface area contributed by atoms with E-state index in [1.165, 1.54) is 0 Å². The molecule has 0 rings (SSSR count). The van der Waals surface area contributed by atoms with Crippen molar-refractivity contribution in [3.8, 4) is 0 Å². The molecule has 3 heteroatoms. The number of hydrogen-bond acceptors (Lipinski definition) is 2. The van der Waals surface area contributed by atoms with Crippen LogP contribution in [0.2, 0.25) is 0 Å². The first-order valence-electron chi connectivity index (χ1n) is 5.61. The summed E-state index contributed by atoms with van der Waals surface area (Å²) in [5.41, 5.74) is 0.165.